The Labute approximate surface area is 163 Å². The van der Waals surface area contributed by atoms with E-state index in [0.717, 1.165) is 30.7 Å². The Bertz CT molecular complexity index is 954. The van der Waals surface area contributed by atoms with E-state index in [1.165, 1.54) is 4.31 Å². The molecule has 11 heteroatoms. The summed E-state index contributed by atoms with van der Waals surface area (Å²) in [5, 5.41) is 12.9. The zero-order valence-electron chi connectivity index (χ0n) is 15.6. The molecule has 0 radical (unpaired) electrons. The van der Waals surface area contributed by atoms with E-state index in [1.807, 2.05) is 6.07 Å². The molecule has 1 unspecified atom stereocenters. The standard InChI is InChI=1S/C17H24N6O4S/c24-28(25,21-7-9-26-10-8-21)22-6-5-13(11-22)12-27-16-4-3-15-18-19-17(14-1-2-14)23(15)20-16/h3-4,13-14H,1-2,5-12H2. The highest BCUT2D eigenvalue weighted by Crippen LogP contribution is 2.38. The van der Waals surface area contributed by atoms with E-state index >= 15 is 0 Å². The second kappa shape index (κ2) is 7.21. The maximum atomic E-state index is 12.8. The summed E-state index contributed by atoms with van der Waals surface area (Å²) in [6, 6.07) is 3.64. The van der Waals surface area contributed by atoms with E-state index in [-0.39, 0.29) is 5.92 Å². The Morgan fingerprint density at radius 2 is 1.89 bits per heavy atom. The molecular formula is C17H24N6O4S. The van der Waals surface area contributed by atoms with Crippen LogP contribution in [0.3, 0.4) is 0 Å². The molecule has 4 heterocycles. The van der Waals surface area contributed by atoms with Crippen LogP contribution in [-0.4, -0.2) is 82.8 Å². The van der Waals surface area contributed by atoms with Gasteiger partial charge >= 0.3 is 0 Å². The van der Waals surface area contributed by atoms with Crippen LogP contribution in [0.25, 0.3) is 5.65 Å². The van der Waals surface area contributed by atoms with Crippen molar-refractivity contribution in [3.8, 4) is 5.88 Å². The summed E-state index contributed by atoms with van der Waals surface area (Å²) in [5.41, 5.74) is 0.720. The highest BCUT2D eigenvalue weighted by Gasteiger charge is 2.36. The van der Waals surface area contributed by atoms with Gasteiger partial charge in [-0.1, -0.05) is 0 Å². The van der Waals surface area contributed by atoms with Gasteiger partial charge in [0.1, 0.15) is 0 Å². The summed E-state index contributed by atoms with van der Waals surface area (Å²) in [4.78, 5) is 0. The lowest BCUT2D eigenvalue weighted by molar-refractivity contribution is 0.0705. The summed E-state index contributed by atoms with van der Waals surface area (Å²) < 4.78 is 41.5. The molecule has 2 aliphatic heterocycles. The Morgan fingerprint density at radius 3 is 2.68 bits per heavy atom. The van der Waals surface area contributed by atoms with Gasteiger partial charge in [-0.05, 0) is 25.3 Å². The molecule has 0 aromatic carbocycles. The normalized spacial score (nSPS) is 24.8. The summed E-state index contributed by atoms with van der Waals surface area (Å²) in [7, 11) is -3.41. The first kappa shape index (κ1) is 18.2. The second-order valence-corrected chi connectivity index (χ2v) is 9.55. The van der Waals surface area contributed by atoms with E-state index in [4.69, 9.17) is 9.47 Å². The fourth-order valence-corrected chi connectivity index (χ4v) is 5.42. The molecular weight excluding hydrogens is 384 g/mol. The van der Waals surface area contributed by atoms with Crippen molar-refractivity contribution < 1.29 is 17.9 Å². The Morgan fingerprint density at radius 1 is 1.07 bits per heavy atom. The van der Waals surface area contributed by atoms with E-state index in [0.29, 0.717) is 57.8 Å². The van der Waals surface area contributed by atoms with Gasteiger partial charge in [-0.2, -0.15) is 21.5 Å². The van der Waals surface area contributed by atoms with Gasteiger partial charge in [0, 0.05) is 44.1 Å². The first-order valence-corrected chi connectivity index (χ1v) is 11.2. The predicted molar refractivity (Wildman–Crippen MR) is 99.2 cm³/mol. The molecule has 5 rings (SSSR count). The van der Waals surface area contributed by atoms with Crippen LogP contribution in [0.5, 0.6) is 5.88 Å². The van der Waals surface area contributed by atoms with Crippen LogP contribution in [0.15, 0.2) is 12.1 Å². The van der Waals surface area contributed by atoms with Crippen LogP contribution in [-0.2, 0) is 14.9 Å². The third-order valence-electron chi connectivity index (χ3n) is 5.54. The number of hydrogen-bond acceptors (Lipinski definition) is 7. The van der Waals surface area contributed by atoms with Gasteiger partial charge in [0.15, 0.2) is 11.5 Å². The zero-order valence-corrected chi connectivity index (χ0v) is 16.4. The maximum Gasteiger partial charge on any atom is 0.282 e. The molecule has 10 nitrogen and oxygen atoms in total. The first-order chi connectivity index (χ1) is 13.6. The largest absolute Gasteiger partial charge is 0.476 e. The van der Waals surface area contributed by atoms with Crippen molar-refractivity contribution in [3.63, 3.8) is 0 Å². The van der Waals surface area contributed by atoms with Gasteiger partial charge in [-0.25, -0.2) is 0 Å². The fourth-order valence-electron chi connectivity index (χ4n) is 3.75. The smallest absolute Gasteiger partial charge is 0.282 e. The van der Waals surface area contributed by atoms with Crippen molar-refractivity contribution in [2.45, 2.75) is 25.2 Å². The van der Waals surface area contributed by atoms with Crippen LogP contribution in [0, 0.1) is 5.92 Å². The molecule has 0 N–H and O–H groups in total. The van der Waals surface area contributed by atoms with Crippen LogP contribution in [0.4, 0.5) is 0 Å². The molecule has 2 aromatic rings. The minimum absolute atomic E-state index is 0.150. The zero-order chi connectivity index (χ0) is 19.1. The minimum atomic E-state index is -3.41. The van der Waals surface area contributed by atoms with Crippen molar-refractivity contribution in [3.05, 3.63) is 18.0 Å². The number of aromatic nitrogens is 4. The van der Waals surface area contributed by atoms with Crippen molar-refractivity contribution in [2.75, 3.05) is 46.0 Å². The van der Waals surface area contributed by atoms with Crippen LogP contribution in [0.1, 0.15) is 31.0 Å². The monoisotopic (exact) mass is 408 g/mol. The topological polar surface area (TPSA) is 102 Å². The average Bonchev–Trinajstić information content (AvgIpc) is 3.28. The van der Waals surface area contributed by atoms with Crippen molar-refractivity contribution >= 4 is 15.9 Å². The van der Waals surface area contributed by atoms with Gasteiger partial charge in [-0.3, -0.25) is 0 Å². The van der Waals surface area contributed by atoms with Gasteiger partial charge < -0.3 is 9.47 Å². The van der Waals surface area contributed by atoms with E-state index < -0.39 is 10.2 Å². The third-order valence-corrected chi connectivity index (χ3v) is 7.55. The molecule has 1 aliphatic carbocycles. The molecule has 28 heavy (non-hydrogen) atoms. The molecule has 0 spiro atoms. The fraction of sp³-hybridized carbons (Fsp3) is 0.706. The summed E-state index contributed by atoms with van der Waals surface area (Å²) in [6.45, 7) is 3.20. The molecule has 3 fully saturated rings. The number of nitrogens with zero attached hydrogens (tertiary/aromatic N) is 6. The van der Waals surface area contributed by atoms with Gasteiger partial charge in [0.25, 0.3) is 10.2 Å². The van der Waals surface area contributed by atoms with E-state index in [1.54, 1.807) is 14.9 Å². The van der Waals surface area contributed by atoms with Gasteiger partial charge in [0.05, 0.1) is 19.8 Å². The molecule has 2 saturated heterocycles. The van der Waals surface area contributed by atoms with Gasteiger partial charge in [0.2, 0.25) is 5.88 Å². The van der Waals surface area contributed by atoms with Crippen molar-refractivity contribution in [1.29, 1.82) is 0 Å². The highest BCUT2D eigenvalue weighted by atomic mass is 32.2. The molecule has 1 atom stereocenters. The molecule has 0 bridgehead atoms. The summed E-state index contributed by atoms with van der Waals surface area (Å²) >= 11 is 0. The highest BCUT2D eigenvalue weighted by molar-refractivity contribution is 7.86. The molecule has 1 saturated carbocycles. The molecule has 2 aromatic heterocycles. The lowest BCUT2D eigenvalue weighted by Crippen LogP contribution is -2.47. The second-order valence-electron chi connectivity index (χ2n) is 7.62. The van der Waals surface area contributed by atoms with Crippen LogP contribution in [0.2, 0.25) is 0 Å². The summed E-state index contributed by atoms with van der Waals surface area (Å²) in [6.07, 6.45) is 3.04. The van der Waals surface area contributed by atoms with Crippen molar-refractivity contribution in [2.24, 2.45) is 5.92 Å². The number of ether oxygens (including phenoxy) is 2. The lowest BCUT2D eigenvalue weighted by atomic mass is 10.1. The van der Waals surface area contributed by atoms with Crippen LogP contribution >= 0.6 is 0 Å². The maximum absolute atomic E-state index is 12.8. The van der Waals surface area contributed by atoms with Gasteiger partial charge in [-0.15, -0.1) is 15.3 Å². The van der Waals surface area contributed by atoms with E-state index in [9.17, 15) is 8.42 Å². The first-order valence-electron chi connectivity index (χ1n) is 9.79. The summed E-state index contributed by atoms with van der Waals surface area (Å²) in [5.74, 6) is 2.01. The quantitative estimate of drug-likeness (QED) is 0.676. The predicted octanol–water partition coefficient (Wildman–Crippen LogP) is 0.279. The van der Waals surface area contributed by atoms with Crippen molar-refractivity contribution in [1.82, 2.24) is 28.4 Å². The molecule has 3 aliphatic rings. The number of hydrogen-bond donors (Lipinski definition) is 0. The Kier molecular flexibility index (Phi) is 4.69. The average molecular weight is 408 g/mol. The lowest BCUT2D eigenvalue weighted by Gasteiger charge is -2.30. The minimum Gasteiger partial charge on any atom is -0.476 e. The SMILES string of the molecule is O=S(=O)(N1CCOCC1)N1CCC(COc2ccc3nnc(C4CC4)n3n2)C1. The number of rotatable bonds is 6. The third kappa shape index (κ3) is 3.47. The number of morpholine rings is 1. The van der Waals surface area contributed by atoms with Crippen LogP contribution < -0.4 is 4.74 Å². The number of fused-ring (bicyclic) bond motifs is 1. The molecule has 152 valence electrons. The molecule has 0 amide bonds. The van der Waals surface area contributed by atoms with E-state index in [2.05, 4.69) is 15.3 Å². The Balaban J connectivity index is 1.21. The Hall–Kier alpha value is -1.82.